The maximum Gasteiger partial charge on any atom is 0.183 e. The van der Waals surface area contributed by atoms with Crippen molar-refractivity contribution in [1.29, 1.82) is 0 Å². The Morgan fingerprint density at radius 3 is 2.55 bits per heavy atom. The number of hydrogen-bond donors (Lipinski definition) is 1. The zero-order chi connectivity index (χ0) is 14.9. The Morgan fingerprint density at radius 2 is 2.00 bits per heavy atom. The van der Waals surface area contributed by atoms with Crippen molar-refractivity contribution >= 4 is 26.7 Å². The third-order valence-corrected chi connectivity index (χ3v) is 4.17. The van der Waals surface area contributed by atoms with Gasteiger partial charge in [-0.3, -0.25) is 0 Å². The third kappa shape index (κ3) is 2.90. The number of nitrogens with one attached hydrogen (secondary N) is 1. The summed E-state index contributed by atoms with van der Waals surface area (Å²) in [6, 6.07) is 2.13. The molecule has 0 aliphatic carbocycles. The molecule has 20 heavy (non-hydrogen) atoms. The van der Waals surface area contributed by atoms with Crippen molar-refractivity contribution in [1.82, 2.24) is 4.98 Å². The fraction of sp³-hybridized carbons (Fsp3) is 0.562. The van der Waals surface area contributed by atoms with Gasteiger partial charge in [-0.1, -0.05) is 25.2 Å². The van der Waals surface area contributed by atoms with Crippen molar-refractivity contribution in [3.05, 3.63) is 17.2 Å². The lowest BCUT2D eigenvalue weighted by atomic mass is 9.99. The molecule has 110 valence electrons. The van der Waals surface area contributed by atoms with Crippen molar-refractivity contribution in [3.8, 4) is 5.75 Å². The fourth-order valence-corrected chi connectivity index (χ4v) is 3.65. The Bertz CT molecular complexity index is 602. The van der Waals surface area contributed by atoms with E-state index < -0.39 is 0 Å². The van der Waals surface area contributed by atoms with E-state index in [-0.39, 0.29) is 6.10 Å². The first-order valence-electron chi connectivity index (χ1n) is 7.28. The van der Waals surface area contributed by atoms with Crippen molar-refractivity contribution in [3.63, 3.8) is 0 Å². The minimum atomic E-state index is 0.186. The Labute approximate surface area is 125 Å². The number of aromatic nitrogens is 1. The maximum absolute atomic E-state index is 6.02. The molecule has 1 aromatic carbocycles. The van der Waals surface area contributed by atoms with Crippen LogP contribution >= 0.6 is 11.3 Å². The molecule has 2 rings (SSSR count). The van der Waals surface area contributed by atoms with Crippen molar-refractivity contribution in [2.24, 2.45) is 0 Å². The van der Waals surface area contributed by atoms with Crippen LogP contribution in [0.4, 0.5) is 5.13 Å². The van der Waals surface area contributed by atoms with Gasteiger partial charge < -0.3 is 10.1 Å². The molecule has 3 nitrogen and oxygen atoms in total. The summed E-state index contributed by atoms with van der Waals surface area (Å²) in [5.74, 6) is 1.42. The van der Waals surface area contributed by atoms with Gasteiger partial charge in [0.05, 0.1) is 16.3 Å². The molecule has 0 bridgehead atoms. The van der Waals surface area contributed by atoms with Gasteiger partial charge in [0.15, 0.2) is 5.13 Å². The van der Waals surface area contributed by atoms with Gasteiger partial charge in [-0.25, -0.2) is 4.98 Å². The molecule has 4 heteroatoms. The van der Waals surface area contributed by atoms with E-state index in [1.54, 1.807) is 11.3 Å². The summed E-state index contributed by atoms with van der Waals surface area (Å²) in [4.78, 5) is 4.72. The van der Waals surface area contributed by atoms with Crippen LogP contribution in [0.3, 0.4) is 0 Å². The highest BCUT2D eigenvalue weighted by atomic mass is 32.1. The van der Waals surface area contributed by atoms with E-state index >= 15 is 0 Å². The van der Waals surface area contributed by atoms with Crippen LogP contribution in [0.15, 0.2) is 6.07 Å². The smallest absolute Gasteiger partial charge is 0.183 e. The van der Waals surface area contributed by atoms with E-state index in [0.717, 1.165) is 22.9 Å². The summed E-state index contributed by atoms with van der Waals surface area (Å²) < 4.78 is 7.28. The second-order valence-corrected chi connectivity index (χ2v) is 6.65. The summed E-state index contributed by atoms with van der Waals surface area (Å²) in [5, 5.41) is 4.31. The molecule has 0 aliphatic heterocycles. The molecule has 0 unspecified atom stereocenters. The quantitative estimate of drug-likeness (QED) is 0.847. The van der Waals surface area contributed by atoms with E-state index in [1.165, 1.54) is 15.8 Å². The standard InChI is InChI=1S/C16H24N2OS/c1-7-17-16-18-14-11(6)8-12(19-10(4)5)13(9(2)3)15(14)20-16/h8-10H,7H2,1-6H3,(H,17,18). The largest absolute Gasteiger partial charge is 0.491 e. The number of rotatable bonds is 5. The SMILES string of the molecule is CCNc1nc2c(C)cc(OC(C)C)c(C(C)C)c2s1. The van der Waals surface area contributed by atoms with Gasteiger partial charge >= 0.3 is 0 Å². The second-order valence-electron chi connectivity index (χ2n) is 5.65. The number of anilines is 1. The lowest BCUT2D eigenvalue weighted by Crippen LogP contribution is -2.08. The summed E-state index contributed by atoms with van der Waals surface area (Å²) in [6.07, 6.45) is 0.186. The van der Waals surface area contributed by atoms with Crippen LogP contribution in [0.5, 0.6) is 5.75 Å². The normalized spacial score (nSPS) is 11.6. The number of thiazole rings is 1. The number of fused-ring (bicyclic) bond motifs is 1. The molecule has 1 N–H and O–H groups in total. The topological polar surface area (TPSA) is 34.2 Å². The first kappa shape index (κ1) is 15.1. The van der Waals surface area contributed by atoms with Gasteiger partial charge in [-0.05, 0) is 45.2 Å². The van der Waals surface area contributed by atoms with Crippen LogP contribution in [0.25, 0.3) is 10.2 Å². The molecule has 0 atom stereocenters. The fourth-order valence-electron chi connectivity index (χ4n) is 2.35. The summed E-state index contributed by atoms with van der Waals surface area (Å²) in [6.45, 7) is 13.7. The monoisotopic (exact) mass is 292 g/mol. The summed E-state index contributed by atoms with van der Waals surface area (Å²) in [7, 11) is 0. The van der Waals surface area contributed by atoms with E-state index in [0.29, 0.717) is 5.92 Å². The minimum absolute atomic E-state index is 0.186. The van der Waals surface area contributed by atoms with E-state index in [2.05, 4.69) is 52.9 Å². The highest BCUT2D eigenvalue weighted by molar-refractivity contribution is 7.22. The Hall–Kier alpha value is -1.29. The molecule has 0 fully saturated rings. The van der Waals surface area contributed by atoms with Crippen LogP contribution in [-0.4, -0.2) is 17.6 Å². The number of ether oxygens (including phenoxy) is 1. The highest BCUT2D eigenvalue weighted by Crippen LogP contribution is 2.40. The highest BCUT2D eigenvalue weighted by Gasteiger charge is 2.19. The number of aryl methyl sites for hydroxylation is 1. The van der Waals surface area contributed by atoms with Crippen molar-refractivity contribution in [2.75, 3.05) is 11.9 Å². The Balaban J connectivity index is 2.66. The lowest BCUT2D eigenvalue weighted by molar-refractivity contribution is 0.239. The summed E-state index contributed by atoms with van der Waals surface area (Å²) >= 11 is 1.73. The van der Waals surface area contributed by atoms with E-state index in [4.69, 9.17) is 9.72 Å². The molecule has 2 aromatic rings. The predicted octanol–water partition coefficient (Wildman–Crippen LogP) is 4.95. The molecule has 1 aromatic heterocycles. The third-order valence-electron chi connectivity index (χ3n) is 3.13. The average Bonchev–Trinajstić information content (AvgIpc) is 2.72. The molecule has 1 heterocycles. The molecular weight excluding hydrogens is 268 g/mol. The van der Waals surface area contributed by atoms with Gasteiger partial charge in [0, 0.05) is 12.1 Å². The zero-order valence-corrected chi connectivity index (χ0v) is 14.0. The number of hydrogen-bond acceptors (Lipinski definition) is 4. The van der Waals surface area contributed by atoms with E-state index in [9.17, 15) is 0 Å². The molecular formula is C16H24N2OS. The number of nitrogens with zero attached hydrogens (tertiary/aromatic N) is 1. The van der Waals surface area contributed by atoms with Gasteiger partial charge in [0.1, 0.15) is 5.75 Å². The molecule has 0 radical (unpaired) electrons. The second kappa shape index (κ2) is 6.00. The minimum Gasteiger partial charge on any atom is -0.491 e. The van der Waals surface area contributed by atoms with E-state index in [1.807, 2.05) is 0 Å². The molecule has 0 amide bonds. The van der Waals surface area contributed by atoms with Crippen LogP contribution < -0.4 is 10.1 Å². The average molecular weight is 292 g/mol. The van der Waals surface area contributed by atoms with Crippen molar-refractivity contribution in [2.45, 2.75) is 53.6 Å². The maximum atomic E-state index is 6.02. The van der Waals surface area contributed by atoms with Crippen LogP contribution in [-0.2, 0) is 0 Å². The Morgan fingerprint density at radius 1 is 1.30 bits per heavy atom. The predicted molar refractivity (Wildman–Crippen MR) is 88.4 cm³/mol. The van der Waals surface area contributed by atoms with Gasteiger partial charge in [0.2, 0.25) is 0 Å². The van der Waals surface area contributed by atoms with Gasteiger partial charge in [-0.15, -0.1) is 0 Å². The number of benzene rings is 1. The first-order valence-corrected chi connectivity index (χ1v) is 8.10. The molecule has 0 saturated carbocycles. The molecule has 0 spiro atoms. The lowest BCUT2D eigenvalue weighted by Gasteiger charge is -2.18. The zero-order valence-electron chi connectivity index (χ0n) is 13.2. The van der Waals surface area contributed by atoms with Gasteiger partial charge in [-0.2, -0.15) is 0 Å². The van der Waals surface area contributed by atoms with Crippen LogP contribution in [0.2, 0.25) is 0 Å². The van der Waals surface area contributed by atoms with Crippen LogP contribution in [0.1, 0.15) is 51.7 Å². The molecule has 0 aliphatic rings. The summed E-state index contributed by atoms with van der Waals surface area (Å²) in [5.41, 5.74) is 3.56. The van der Waals surface area contributed by atoms with Gasteiger partial charge in [0.25, 0.3) is 0 Å². The first-order chi connectivity index (χ1) is 9.43. The Kier molecular flexibility index (Phi) is 4.53. The van der Waals surface area contributed by atoms with Crippen molar-refractivity contribution < 1.29 is 4.74 Å². The molecule has 0 saturated heterocycles. The van der Waals surface area contributed by atoms with Crippen LogP contribution in [0, 0.1) is 6.92 Å².